The number of aliphatic hydroxyl groups is 1. The van der Waals surface area contributed by atoms with Crippen molar-refractivity contribution in [3.05, 3.63) is 0 Å². The minimum atomic E-state index is 0.00286. The van der Waals surface area contributed by atoms with Crippen LogP contribution in [0.3, 0.4) is 0 Å². The summed E-state index contributed by atoms with van der Waals surface area (Å²) in [5.74, 6) is 1.33. The first-order valence-electron chi connectivity index (χ1n) is 9.51. The molecule has 1 saturated carbocycles. The average Bonchev–Trinajstić information content (AvgIpc) is 2.57. The van der Waals surface area contributed by atoms with Crippen molar-refractivity contribution in [2.24, 2.45) is 11.8 Å². The van der Waals surface area contributed by atoms with Crippen molar-refractivity contribution >= 4 is 6.03 Å². The van der Waals surface area contributed by atoms with Crippen molar-refractivity contribution < 1.29 is 9.90 Å². The van der Waals surface area contributed by atoms with Gasteiger partial charge < -0.3 is 20.2 Å². The lowest BCUT2D eigenvalue weighted by Crippen LogP contribution is -2.46. The third-order valence-corrected chi connectivity index (χ3v) is 5.45. The summed E-state index contributed by atoms with van der Waals surface area (Å²) < 4.78 is 0. The van der Waals surface area contributed by atoms with Gasteiger partial charge in [0.25, 0.3) is 0 Å². The Morgan fingerprint density at radius 3 is 2.57 bits per heavy atom. The lowest BCUT2D eigenvalue weighted by molar-refractivity contribution is 0.162. The molecular formula is C18H35N3O2. The minimum Gasteiger partial charge on any atom is -0.395 e. The summed E-state index contributed by atoms with van der Waals surface area (Å²) in [6, 6.07) is 0.00286. The smallest absolute Gasteiger partial charge is 0.317 e. The largest absolute Gasteiger partial charge is 0.395 e. The standard InChI is InChI=1S/C18H35N3O2/c1-20-10-5-8-17(15-20)14-19-18(23)21(12-13-22)11-9-16-6-3-2-4-7-16/h16-17,22H,2-15H2,1H3,(H,19,23). The molecule has 0 aromatic carbocycles. The van der Waals surface area contributed by atoms with Gasteiger partial charge in [0.15, 0.2) is 0 Å². The Morgan fingerprint density at radius 2 is 1.87 bits per heavy atom. The van der Waals surface area contributed by atoms with E-state index in [1.807, 2.05) is 0 Å². The minimum absolute atomic E-state index is 0.00286. The summed E-state index contributed by atoms with van der Waals surface area (Å²) in [4.78, 5) is 16.6. The molecule has 1 aliphatic carbocycles. The Hall–Kier alpha value is -0.810. The molecule has 0 bridgehead atoms. The number of piperidine rings is 1. The summed E-state index contributed by atoms with van der Waals surface area (Å²) >= 11 is 0. The zero-order chi connectivity index (χ0) is 16.5. The van der Waals surface area contributed by atoms with Gasteiger partial charge in [-0.15, -0.1) is 0 Å². The molecule has 134 valence electrons. The molecule has 1 saturated heterocycles. The second-order valence-corrected chi connectivity index (χ2v) is 7.46. The maximum atomic E-state index is 12.4. The molecule has 0 spiro atoms. The van der Waals surface area contributed by atoms with E-state index >= 15 is 0 Å². The SMILES string of the molecule is CN1CCCC(CNC(=O)N(CCO)CCC2CCCCC2)C1. The molecule has 1 unspecified atom stereocenters. The van der Waals surface area contributed by atoms with Crippen LogP contribution < -0.4 is 5.32 Å². The van der Waals surface area contributed by atoms with E-state index in [0.717, 1.165) is 32.0 Å². The van der Waals surface area contributed by atoms with Crippen LogP contribution in [0, 0.1) is 11.8 Å². The maximum Gasteiger partial charge on any atom is 0.317 e. The molecule has 5 nitrogen and oxygen atoms in total. The fraction of sp³-hybridized carbons (Fsp3) is 0.944. The Morgan fingerprint density at radius 1 is 1.13 bits per heavy atom. The lowest BCUT2D eigenvalue weighted by Gasteiger charge is -2.31. The normalized spacial score (nSPS) is 23.7. The number of likely N-dealkylation sites (tertiary alicyclic amines) is 1. The number of urea groups is 1. The van der Waals surface area contributed by atoms with E-state index in [4.69, 9.17) is 0 Å². The molecule has 2 rings (SSSR count). The van der Waals surface area contributed by atoms with Gasteiger partial charge in [0.05, 0.1) is 6.61 Å². The van der Waals surface area contributed by atoms with E-state index in [2.05, 4.69) is 17.3 Å². The second kappa shape index (κ2) is 10.1. The number of carbonyl (C=O) groups excluding carboxylic acids is 1. The van der Waals surface area contributed by atoms with E-state index in [-0.39, 0.29) is 12.6 Å². The molecule has 1 heterocycles. The fourth-order valence-electron chi connectivity index (χ4n) is 4.03. The van der Waals surface area contributed by atoms with Gasteiger partial charge in [-0.3, -0.25) is 0 Å². The van der Waals surface area contributed by atoms with Crippen molar-refractivity contribution in [2.75, 3.05) is 46.4 Å². The molecule has 1 aliphatic heterocycles. The molecule has 2 aliphatic rings. The Kier molecular flexibility index (Phi) is 8.17. The number of aliphatic hydroxyl groups excluding tert-OH is 1. The van der Waals surface area contributed by atoms with Crippen LogP contribution in [-0.4, -0.2) is 67.3 Å². The number of hydrogen-bond donors (Lipinski definition) is 2. The van der Waals surface area contributed by atoms with Crippen LogP contribution in [-0.2, 0) is 0 Å². The van der Waals surface area contributed by atoms with Gasteiger partial charge in [-0.1, -0.05) is 32.1 Å². The van der Waals surface area contributed by atoms with Crippen LogP contribution in [0.1, 0.15) is 51.4 Å². The molecular weight excluding hydrogens is 290 g/mol. The van der Waals surface area contributed by atoms with Crippen molar-refractivity contribution in [1.29, 1.82) is 0 Å². The number of rotatable bonds is 7. The summed E-state index contributed by atoms with van der Waals surface area (Å²) in [6.07, 6.45) is 10.2. The van der Waals surface area contributed by atoms with Crippen LogP contribution in [0.15, 0.2) is 0 Å². The van der Waals surface area contributed by atoms with Gasteiger partial charge in [0.2, 0.25) is 0 Å². The van der Waals surface area contributed by atoms with E-state index in [1.165, 1.54) is 51.5 Å². The zero-order valence-electron chi connectivity index (χ0n) is 14.8. The van der Waals surface area contributed by atoms with Crippen LogP contribution in [0.2, 0.25) is 0 Å². The Balaban J connectivity index is 1.71. The number of carbonyl (C=O) groups is 1. The predicted octanol–water partition coefficient (Wildman–Crippen LogP) is 2.30. The molecule has 0 aromatic heterocycles. The summed E-state index contributed by atoms with van der Waals surface area (Å²) in [7, 11) is 2.15. The van der Waals surface area contributed by atoms with Crippen molar-refractivity contribution in [3.63, 3.8) is 0 Å². The van der Waals surface area contributed by atoms with Gasteiger partial charge in [-0.25, -0.2) is 4.79 Å². The fourth-order valence-corrected chi connectivity index (χ4v) is 4.03. The van der Waals surface area contributed by atoms with E-state index in [0.29, 0.717) is 12.5 Å². The lowest BCUT2D eigenvalue weighted by atomic mass is 9.87. The molecule has 2 fully saturated rings. The first-order chi connectivity index (χ1) is 11.2. The van der Waals surface area contributed by atoms with E-state index in [1.54, 1.807) is 4.90 Å². The average molecular weight is 325 g/mol. The molecule has 1 atom stereocenters. The third-order valence-electron chi connectivity index (χ3n) is 5.45. The highest BCUT2D eigenvalue weighted by molar-refractivity contribution is 5.74. The van der Waals surface area contributed by atoms with Crippen LogP contribution in [0.5, 0.6) is 0 Å². The van der Waals surface area contributed by atoms with Crippen LogP contribution >= 0.6 is 0 Å². The van der Waals surface area contributed by atoms with Gasteiger partial charge in [0, 0.05) is 26.2 Å². The van der Waals surface area contributed by atoms with Crippen molar-refractivity contribution in [1.82, 2.24) is 15.1 Å². The van der Waals surface area contributed by atoms with Gasteiger partial charge in [-0.2, -0.15) is 0 Å². The summed E-state index contributed by atoms with van der Waals surface area (Å²) in [6.45, 7) is 4.27. The zero-order valence-corrected chi connectivity index (χ0v) is 14.8. The van der Waals surface area contributed by atoms with Gasteiger partial charge in [0.1, 0.15) is 0 Å². The monoisotopic (exact) mass is 325 g/mol. The molecule has 0 radical (unpaired) electrons. The highest BCUT2D eigenvalue weighted by atomic mass is 16.3. The predicted molar refractivity (Wildman–Crippen MR) is 93.5 cm³/mol. The molecule has 23 heavy (non-hydrogen) atoms. The van der Waals surface area contributed by atoms with Gasteiger partial charge >= 0.3 is 6.03 Å². The molecule has 0 aromatic rings. The number of nitrogens with one attached hydrogen (secondary N) is 1. The van der Waals surface area contributed by atoms with E-state index in [9.17, 15) is 9.90 Å². The number of hydrogen-bond acceptors (Lipinski definition) is 3. The highest BCUT2D eigenvalue weighted by Crippen LogP contribution is 2.26. The Bertz CT molecular complexity index is 345. The quantitative estimate of drug-likeness (QED) is 0.755. The first kappa shape index (κ1) is 18.5. The third kappa shape index (κ3) is 6.68. The Labute approximate surface area is 141 Å². The molecule has 2 N–H and O–H groups in total. The summed E-state index contributed by atoms with van der Waals surface area (Å²) in [5, 5.41) is 12.3. The van der Waals surface area contributed by atoms with Gasteiger partial charge in [-0.05, 0) is 44.7 Å². The van der Waals surface area contributed by atoms with Crippen molar-refractivity contribution in [2.45, 2.75) is 51.4 Å². The van der Waals surface area contributed by atoms with E-state index < -0.39 is 0 Å². The molecule has 2 amide bonds. The van der Waals surface area contributed by atoms with Crippen LogP contribution in [0.25, 0.3) is 0 Å². The summed E-state index contributed by atoms with van der Waals surface area (Å²) in [5.41, 5.74) is 0. The first-order valence-corrected chi connectivity index (χ1v) is 9.51. The molecule has 5 heteroatoms. The number of nitrogens with zero attached hydrogens (tertiary/aromatic N) is 2. The van der Waals surface area contributed by atoms with Crippen LogP contribution in [0.4, 0.5) is 4.79 Å². The number of amides is 2. The second-order valence-electron chi connectivity index (χ2n) is 7.46. The highest BCUT2D eigenvalue weighted by Gasteiger charge is 2.21. The van der Waals surface area contributed by atoms with Crippen molar-refractivity contribution in [3.8, 4) is 0 Å². The maximum absolute atomic E-state index is 12.4. The topological polar surface area (TPSA) is 55.8 Å².